The molecule has 0 aliphatic rings. The summed E-state index contributed by atoms with van der Waals surface area (Å²) in [4.78, 5) is 57.4. The number of rotatable bonds is 14. The van der Waals surface area contributed by atoms with Crippen LogP contribution in [0.5, 0.6) is 0 Å². The molecule has 3 amide bonds. The first kappa shape index (κ1) is 29.5. The third kappa shape index (κ3) is 9.68. The highest BCUT2D eigenvalue weighted by atomic mass is 16.4. The van der Waals surface area contributed by atoms with Crippen LogP contribution in [0.2, 0.25) is 0 Å². The van der Waals surface area contributed by atoms with Gasteiger partial charge in [-0.2, -0.15) is 0 Å². The van der Waals surface area contributed by atoms with E-state index in [1.807, 2.05) is 44.2 Å². The number of aromatic amines is 1. The van der Waals surface area contributed by atoms with Crippen molar-refractivity contribution in [2.24, 2.45) is 17.6 Å². The SMILES string of the molecule is CC(C)C[C@H](NC(=O)[C@@H](N)Cc1ccccc1)C(=O)N[C@H](C(=O)N[C@@H](Cc1cnc[nH]1)C(=O)O)C(C)C. The monoisotopic (exact) mass is 514 g/mol. The lowest BCUT2D eigenvalue weighted by molar-refractivity contribution is -0.142. The molecule has 202 valence electrons. The summed E-state index contributed by atoms with van der Waals surface area (Å²) in [6.07, 6.45) is 3.55. The van der Waals surface area contributed by atoms with Gasteiger partial charge in [-0.25, -0.2) is 9.78 Å². The molecule has 0 aliphatic carbocycles. The van der Waals surface area contributed by atoms with E-state index in [2.05, 4.69) is 25.9 Å². The fraction of sp³-hybridized carbons (Fsp3) is 0.500. The molecule has 11 nitrogen and oxygen atoms in total. The molecule has 0 saturated carbocycles. The molecule has 4 atom stereocenters. The number of hydrogen-bond acceptors (Lipinski definition) is 6. The lowest BCUT2D eigenvalue weighted by atomic mass is 9.98. The number of nitrogens with one attached hydrogen (secondary N) is 4. The molecule has 37 heavy (non-hydrogen) atoms. The van der Waals surface area contributed by atoms with Gasteiger partial charge in [-0.1, -0.05) is 58.0 Å². The summed E-state index contributed by atoms with van der Waals surface area (Å²) in [7, 11) is 0. The Balaban J connectivity index is 2.08. The van der Waals surface area contributed by atoms with E-state index >= 15 is 0 Å². The molecule has 0 aliphatic heterocycles. The van der Waals surface area contributed by atoms with Gasteiger partial charge in [0.2, 0.25) is 17.7 Å². The number of H-pyrrole nitrogens is 1. The molecule has 7 N–H and O–H groups in total. The summed E-state index contributed by atoms with van der Waals surface area (Å²) in [5.74, 6) is -3.14. The van der Waals surface area contributed by atoms with Gasteiger partial charge >= 0.3 is 5.97 Å². The van der Waals surface area contributed by atoms with Crippen LogP contribution in [-0.2, 0) is 32.0 Å². The number of nitrogens with two attached hydrogens (primary N) is 1. The largest absolute Gasteiger partial charge is 0.480 e. The second-order valence-electron chi connectivity index (χ2n) is 9.90. The van der Waals surface area contributed by atoms with Crippen molar-refractivity contribution in [2.45, 2.75) is 71.1 Å². The van der Waals surface area contributed by atoms with E-state index in [1.54, 1.807) is 13.8 Å². The Bertz CT molecular complexity index is 1030. The molecule has 0 bridgehead atoms. The van der Waals surface area contributed by atoms with Gasteiger partial charge < -0.3 is 31.8 Å². The van der Waals surface area contributed by atoms with Crippen molar-refractivity contribution in [3.63, 3.8) is 0 Å². The molecule has 0 unspecified atom stereocenters. The topological polar surface area (TPSA) is 179 Å². The van der Waals surface area contributed by atoms with Crippen molar-refractivity contribution in [3.05, 3.63) is 54.1 Å². The second kappa shape index (κ2) is 14.1. The molecule has 11 heteroatoms. The molecule has 0 fully saturated rings. The van der Waals surface area contributed by atoms with Gasteiger partial charge in [-0.15, -0.1) is 0 Å². The number of hydrogen-bond donors (Lipinski definition) is 6. The van der Waals surface area contributed by atoms with Crippen molar-refractivity contribution >= 4 is 23.7 Å². The molecule has 0 radical (unpaired) electrons. The number of aromatic nitrogens is 2. The number of benzene rings is 1. The van der Waals surface area contributed by atoms with E-state index in [0.717, 1.165) is 5.56 Å². The van der Waals surface area contributed by atoms with Crippen LogP contribution in [0, 0.1) is 11.8 Å². The van der Waals surface area contributed by atoms with Crippen molar-refractivity contribution in [1.29, 1.82) is 0 Å². The summed E-state index contributed by atoms with van der Waals surface area (Å²) in [5.41, 5.74) is 7.54. The van der Waals surface area contributed by atoms with Crippen LogP contribution in [0.25, 0.3) is 0 Å². The summed E-state index contributed by atoms with van der Waals surface area (Å²) in [6.45, 7) is 7.30. The van der Waals surface area contributed by atoms with Crippen LogP contribution in [0.15, 0.2) is 42.9 Å². The Morgan fingerprint density at radius 1 is 0.919 bits per heavy atom. The van der Waals surface area contributed by atoms with E-state index in [0.29, 0.717) is 18.5 Å². The number of carbonyl (C=O) groups excluding carboxylic acids is 3. The Kier molecular flexibility index (Phi) is 11.3. The minimum atomic E-state index is -1.21. The molecule has 1 heterocycles. The third-order valence-corrected chi connectivity index (χ3v) is 5.82. The summed E-state index contributed by atoms with van der Waals surface area (Å²) < 4.78 is 0. The zero-order valence-corrected chi connectivity index (χ0v) is 21.7. The Morgan fingerprint density at radius 3 is 2.11 bits per heavy atom. The van der Waals surface area contributed by atoms with Crippen molar-refractivity contribution in [2.75, 3.05) is 0 Å². The first-order valence-electron chi connectivity index (χ1n) is 12.4. The lowest BCUT2D eigenvalue weighted by Crippen LogP contribution is -2.59. The first-order chi connectivity index (χ1) is 17.5. The zero-order valence-electron chi connectivity index (χ0n) is 21.7. The van der Waals surface area contributed by atoms with E-state index in [1.165, 1.54) is 12.5 Å². The van der Waals surface area contributed by atoms with Gasteiger partial charge in [0.05, 0.1) is 12.4 Å². The third-order valence-electron chi connectivity index (χ3n) is 5.82. The number of imidazole rings is 1. The number of carboxylic acids is 1. The fourth-order valence-corrected chi connectivity index (χ4v) is 3.81. The standard InChI is InChI=1S/C26H38N6O5/c1-15(2)10-20(30-23(33)19(27)11-17-8-6-5-7-9-17)24(34)32-22(16(3)4)25(35)31-21(26(36)37)12-18-13-28-14-29-18/h5-9,13-16,19-22H,10-12,27H2,1-4H3,(H,28,29)(H,30,33)(H,31,35)(H,32,34)(H,36,37)/t19-,20-,21-,22-/m0/s1. The van der Waals surface area contributed by atoms with Gasteiger partial charge in [0.25, 0.3) is 0 Å². The van der Waals surface area contributed by atoms with Crippen LogP contribution in [-0.4, -0.2) is 62.9 Å². The van der Waals surface area contributed by atoms with Crippen LogP contribution >= 0.6 is 0 Å². The normalized spacial score (nSPS) is 14.5. The predicted molar refractivity (Wildman–Crippen MR) is 138 cm³/mol. The van der Waals surface area contributed by atoms with Gasteiger partial charge in [-0.3, -0.25) is 14.4 Å². The molecule has 0 saturated heterocycles. The van der Waals surface area contributed by atoms with Gasteiger partial charge in [0.15, 0.2) is 0 Å². The maximum Gasteiger partial charge on any atom is 0.326 e. The minimum absolute atomic E-state index is 0.00513. The summed E-state index contributed by atoms with van der Waals surface area (Å²) in [6, 6.07) is 5.33. The van der Waals surface area contributed by atoms with E-state index in [-0.39, 0.29) is 18.3 Å². The second-order valence-corrected chi connectivity index (χ2v) is 9.90. The van der Waals surface area contributed by atoms with Crippen LogP contribution in [0.1, 0.15) is 45.4 Å². The highest BCUT2D eigenvalue weighted by Crippen LogP contribution is 2.10. The molecule has 1 aromatic carbocycles. The average Bonchev–Trinajstić information content (AvgIpc) is 3.34. The molecular weight excluding hydrogens is 476 g/mol. The number of amides is 3. The van der Waals surface area contributed by atoms with Crippen molar-refractivity contribution < 1.29 is 24.3 Å². The van der Waals surface area contributed by atoms with Gasteiger partial charge in [-0.05, 0) is 30.2 Å². The van der Waals surface area contributed by atoms with E-state index in [4.69, 9.17) is 5.73 Å². The van der Waals surface area contributed by atoms with Gasteiger partial charge in [0.1, 0.15) is 18.1 Å². The van der Waals surface area contributed by atoms with Gasteiger partial charge in [0, 0.05) is 18.3 Å². The maximum atomic E-state index is 13.2. The van der Waals surface area contributed by atoms with E-state index < -0.39 is 47.9 Å². The first-order valence-corrected chi connectivity index (χ1v) is 12.4. The number of nitrogens with zero attached hydrogens (tertiary/aromatic N) is 1. The Morgan fingerprint density at radius 2 is 1.57 bits per heavy atom. The maximum absolute atomic E-state index is 13.2. The minimum Gasteiger partial charge on any atom is -0.480 e. The van der Waals surface area contributed by atoms with Crippen molar-refractivity contribution in [3.8, 4) is 0 Å². The number of carboxylic acid groups (broad SMARTS) is 1. The molecule has 1 aromatic heterocycles. The molecule has 2 aromatic rings. The van der Waals surface area contributed by atoms with Crippen LogP contribution < -0.4 is 21.7 Å². The zero-order chi connectivity index (χ0) is 27.5. The summed E-state index contributed by atoms with van der Waals surface area (Å²) in [5, 5.41) is 17.5. The number of carbonyl (C=O) groups is 4. The lowest BCUT2D eigenvalue weighted by Gasteiger charge is -2.27. The smallest absolute Gasteiger partial charge is 0.326 e. The van der Waals surface area contributed by atoms with E-state index in [9.17, 15) is 24.3 Å². The Labute approximate surface area is 217 Å². The molecule has 0 spiro atoms. The fourth-order valence-electron chi connectivity index (χ4n) is 3.81. The Hall–Kier alpha value is -3.73. The molecular formula is C26H38N6O5. The quantitative estimate of drug-likeness (QED) is 0.215. The molecule has 2 rings (SSSR count). The predicted octanol–water partition coefficient (Wildman–Crippen LogP) is 0.763. The number of aliphatic carboxylic acids is 1. The highest BCUT2D eigenvalue weighted by molar-refractivity contribution is 5.94. The summed E-state index contributed by atoms with van der Waals surface area (Å²) >= 11 is 0. The van der Waals surface area contributed by atoms with Crippen molar-refractivity contribution in [1.82, 2.24) is 25.9 Å². The van der Waals surface area contributed by atoms with Crippen LogP contribution in [0.4, 0.5) is 0 Å². The highest BCUT2D eigenvalue weighted by Gasteiger charge is 2.32. The van der Waals surface area contributed by atoms with Crippen LogP contribution in [0.3, 0.4) is 0 Å². The average molecular weight is 515 g/mol.